The Bertz CT molecular complexity index is 868. The molecule has 1 fully saturated rings. The quantitative estimate of drug-likeness (QED) is 0.601. The molecule has 2 amide bonds. The maximum absolute atomic E-state index is 13.2. The van der Waals surface area contributed by atoms with E-state index in [1.54, 1.807) is 0 Å². The second-order valence-electron chi connectivity index (χ2n) is 8.47. The summed E-state index contributed by atoms with van der Waals surface area (Å²) < 4.78 is 5.50. The van der Waals surface area contributed by atoms with E-state index in [0.29, 0.717) is 31.2 Å². The van der Waals surface area contributed by atoms with Gasteiger partial charge in [-0.2, -0.15) is 0 Å². The van der Waals surface area contributed by atoms with Gasteiger partial charge in [0, 0.05) is 31.1 Å². The molecule has 1 aliphatic rings. The van der Waals surface area contributed by atoms with Crippen molar-refractivity contribution in [2.24, 2.45) is 5.92 Å². The van der Waals surface area contributed by atoms with E-state index in [4.69, 9.17) is 16.3 Å². The van der Waals surface area contributed by atoms with Gasteiger partial charge in [-0.1, -0.05) is 67.9 Å². The Morgan fingerprint density at radius 1 is 1.00 bits per heavy atom. The molecular weight excluding hydrogens is 426 g/mol. The van der Waals surface area contributed by atoms with Crippen LogP contribution in [0.15, 0.2) is 54.6 Å². The summed E-state index contributed by atoms with van der Waals surface area (Å²) in [5, 5.41) is 6.67. The molecule has 172 valence electrons. The minimum absolute atomic E-state index is 0.0112. The van der Waals surface area contributed by atoms with Gasteiger partial charge in [0.05, 0.1) is 19.3 Å². The van der Waals surface area contributed by atoms with E-state index in [9.17, 15) is 9.59 Å². The van der Waals surface area contributed by atoms with Gasteiger partial charge in [0.2, 0.25) is 11.8 Å². The average Bonchev–Trinajstić information content (AvgIpc) is 2.79. The molecule has 2 atom stereocenters. The van der Waals surface area contributed by atoms with Crippen LogP contribution in [0.3, 0.4) is 0 Å². The molecule has 0 saturated carbocycles. The van der Waals surface area contributed by atoms with Gasteiger partial charge >= 0.3 is 0 Å². The van der Waals surface area contributed by atoms with Crippen molar-refractivity contribution in [1.29, 1.82) is 0 Å². The number of nitrogens with one attached hydrogen (secondary N) is 2. The maximum atomic E-state index is 13.2. The van der Waals surface area contributed by atoms with Crippen LogP contribution in [0.5, 0.6) is 0 Å². The van der Waals surface area contributed by atoms with Crippen LogP contribution in [0.4, 0.5) is 0 Å². The summed E-state index contributed by atoms with van der Waals surface area (Å²) in [6.45, 7) is 7.29. The predicted molar refractivity (Wildman–Crippen MR) is 126 cm³/mol. The van der Waals surface area contributed by atoms with Gasteiger partial charge in [0.1, 0.15) is 6.04 Å². The third-order valence-corrected chi connectivity index (χ3v) is 5.76. The van der Waals surface area contributed by atoms with Crippen molar-refractivity contribution in [1.82, 2.24) is 15.5 Å². The Hall–Kier alpha value is -2.41. The van der Waals surface area contributed by atoms with Gasteiger partial charge in [0.25, 0.3) is 0 Å². The number of hydrogen-bond donors (Lipinski definition) is 2. The van der Waals surface area contributed by atoms with Gasteiger partial charge in [0.15, 0.2) is 0 Å². The van der Waals surface area contributed by atoms with E-state index >= 15 is 0 Å². The summed E-state index contributed by atoms with van der Waals surface area (Å²) in [7, 11) is 0. The summed E-state index contributed by atoms with van der Waals surface area (Å²) in [6, 6.07) is 16.3. The molecular formula is C25H32ClN3O3. The Morgan fingerprint density at radius 3 is 2.28 bits per heavy atom. The molecule has 1 heterocycles. The fraction of sp³-hybridized carbons (Fsp3) is 0.440. The van der Waals surface area contributed by atoms with Gasteiger partial charge in [-0.05, 0) is 29.2 Å². The number of carbonyl (C=O) groups excluding carboxylic acids is 2. The van der Waals surface area contributed by atoms with Crippen molar-refractivity contribution < 1.29 is 14.3 Å². The van der Waals surface area contributed by atoms with E-state index in [1.807, 2.05) is 68.4 Å². The van der Waals surface area contributed by atoms with Crippen LogP contribution in [0.25, 0.3) is 0 Å². The Balaban J connectivity index is 1.75. The zero-order valence-corrected chi connectivity index (χ0v) is 19.5. The van der Waals surface area contributed by atoms with Gasteiger partial charge in [-0.25, -0.2) is 0 Å². The van der Waals surface area contributed by atoms with Crippen molar-refractivity contribution in [3.05, 3.63) is 70.7 Å². The van der Waals surface area contributed by atoms with Gasteiger partial charge < -0.3 is 15.4 Å². The van der Waals surface area contributed by atoms with Crippen LogP contribution in [0.2, 0.25) is 5.02 Å². The van der Waals surface area contributed by atoms with Crippen molar-refractivity contribution >= 4 is 23.4 Å². The first-order valence-corrected chi connectivity index (χ1v) is 11.5. The molecule has 2 aromatic rings. The molecule has 0 radical (unpaired) electrons. The number of benzene rings is 2. The molecule has 0 aromatic heterocycles. The van der Waals surface area contributed by atoms with E-state index in [1.165, 1.54) is 0 Å². The SMILES string of the molecule is CC(C)CC(=O)NC(C(=O)NCC(c1ccc(Cl)cc1)N1CCOCC1)c1ccccc1. The number of hydrogen-bond acceptors (Lipinski definition) is 4. The van der Waals surface area contributed by atoms with E-state index in [-0.39, 0.29) is 23.8 Å². The van der Waals surface area contributed by atoms with Crippen molar-refractivity contribution in [2.75, 3.05) is 32.8 Å². The number of rotatable bonds is 9. The molecule has 32 heavy (non-hydrogen) atoms. The third kappa shape index (κ3) is 7.05. The van der Waals surface area contributed by atoms with Crippen LogP contribution >= 0.6 is 11.6 Å². The fourth-order valence-electron chi connectivity index (χ4n) is 3.87. The smallest absolute Gasteiger partial charge is 0.247 e. The highest BCUT2D eigenvalue weighted by molar-refractivity contribution is 6.30. The van der Waals surface area contributed by atoms with Crippen LogP contribution in [-0.4, -0.2) is 49.6 Å². The normalized spacial score (nSPS) is 16.4. The number of carbonyl (C=O) groups is 2. The van der Waals surface area contributed by atoms with E-state index < -0.39 is 6.04 Å². The van der Waals surface area contributed by atoms with Crippen molar-refractivity contribution in [2.45, 2.75) is 32.4 Å². The zero-order chi connectivity index (χ0) is 22.9. The molecule has 6 nitrogen and oxygen atoms in total. The lowest BCUT2D eigenvalue weighted by Gasteiger charge is -2.35. The van der Waals surface area contributed by atoms with Crippen molar-refractivity contribution in [3.8, 4) is 0 Å². The summed E-state index contributed by atoms with van der Waals surface area (Å²) in [4.78, 5) is 28.0. The second-order valence-corrected chi connectivity index (χ2v) is 8.91. The Kier molecular flexibility index (Phi) is 9.09. The summed E-state index contributed by atoms with van der Waals surface area (Å²) in [5.41, 5.74) is 1.84. The third-order valence-electron chi connectivity index (χ3n) is 5.50. The monoisotopic (exact) mass is 457 g/mol. The second kappa shape index (κ2) is 12.0. The highest BCUT2D eigenvalue weighted by atomic mass is 35.5. The van der Waals surface area contributed by atoms with E-state index in [0.717, 1.165) is 24.2 Å². The largest absolute Gasteiger partial charge is 0.379 e. The molecule has 0 spiro atoms. The van der Waals surface area contributed by atoms with Crippen LogP contribution in [-0.2, 0) is 14.3 Å². The predicted octanol–water partition coefficient (Wildman–Crippen LogP) is 3.73. The van der Waals surface area contributed by atoms with Gasteiger partial charge in [-0.15, -0.1) is 0 Å². The fourth-order valence-corrected chi connectivity index (χ4v) is 3.99. The highest BCUT2D eigenvalue weighted by Gasteiger charge is 2.27. The van der Waals surface area contributed by atoms with Crippen LogP contribution in [0.1, 0.15) is 43.5 Å². The molecule has 0 aliphatic carbocycles. The molecule has 0 bridgehead atoms. The summed E-state index contributed by atoms with van der Waals surface area (Å²) in [6.07, 6.45) is 0.373. The van der Waals surface area contributed by atoms with Gasteiger partial charge in [-0.3, -0.25) is 14.5 Å². The number of ether oxygens (including phenoxy) is 1. The number of nitrogens with zero attached hydrogens (tertiary/aromatic N) is 1. The lowest BCUT2D eigenvalue weighted by atomic mass is 10.0. The van der Waals surface area contributed by atoms with Crippen LogP contribution in [0, 0.1) is 5.92 Å². The maximum Gasteiger partial charge on any atom is 0.247 e. The highest BCUT2D eigenvalue weighted by Crippen LogP contribution is 2.23. The molecule has 3 rings (SSSR count). The molecule has 2 unspecified atom stereocenters. The average molecular weight is 458 g/mol. The summed E-state index contributed by atoms with van der Waals surface area (Å²) >= 11 is 6.08. The number of amides is 2. The topological polar surface area (TPSA) is 70.7 Å². The lowest BCUT2D eigenvalue weighted by molar-refractivity contribution is -0.129. The molecule has 1 saturated heterocycles. The minimum Gasteiger partial charge on any atom is -0.379 e. The first-order chi connectivity index (χ1) is 15.4. The number of morpholine rings is 1. The van der Waals surface area contributed by atoms with Crippen LogP contribution < -0.4 is 10.6 Å². The Labute approximate surface area is 195 Å². The van der Waals surface area contributed by atoms with E-state index in [2.05, 4.69) is 15.5 Å². The van der Waals surface area contributed by atoms with Crippen molar-refractivity contribution in [3.63, 3.8) is 0 Å². The molecule has 7 heteroatoms. The standard InChI is InChI=1S/C25H32ClN3O3/c1-18(2)16-23(30)28-24(20-6-4-3-5-7-20)25(31)27-17-22(29-12-14-32-15-13-29)19-8-10-21(26)11-9-19/h3-11,18,22,24H,12-17H2,1-2H3,(H,27,31)(H,28,30). The molecule has 2 aromatic carbocycles. The number of halogens is 1. The molecule has 1 aliphatic heterocycles. The molecule has 2 N–H and O–H groups in total. The Morgan fingerprint density at radius 2 is 1.66 bits per heavy atom. The zero-order valence-electron chi connectivity index (χ0n) is 18.7. The minimum atomic E-state index is -0.738. The first-order valence-electron chi connectivity index (χ1n) is 11.1. The lowest BCUT2D eigenvalue weighted by Crippen LogP contribution is -2.46. The first kappa shape index (κ1) is 24.2. The summed E-state index contributed by atoms with van der Waals surface area (Å²) in [5.74, 6) is -0.142.